The van der Waals surface area contributed by atoms with Crippen molar-refractivity contribution in [3.8, 4) is 0 Å². The van der Waals surface area contributed by atoms with Gasteiger partial charge in [-0.05, 0) is 13.8 Å². The van der Waals surface area contributed by atoms with E-state index < -0.39 is 0 Å². The first-order valence-corrected chi connectivity index (χ1v) is 4.91. The van der Waals surface area contributed by atoms with Crippen molar-refractivity contribution in [2.24, 2.45) is 5.73 Å². The average Bonchev–Trinajstić information content (AvgIpc) is 2.57. The summed E-state index contributed by atoms with van der Waals surface area (Å²) in [5.74, 6) is 0.708. The van der Waals surface area contributed by atoms with Crippen LogP contribution in [0.4, 0.5) is 11.5 Å². The van der Waals surface area contributed by atoms with Crippen LogP contribution in [-0.2, 0) is 5.54 Å². The Balaban J connectivity index is 2.97. The van der Waals surface area contributed by atoms with Crippen LogP contribution in [0.15, 0.2) is 6.20 Å². The van der Waals surface area contributed by atoms with E-state index in [4.69, 9.17) is 16.6 Å². The zero-order valence-electron chi connectivity index (χ0n) is 9.20. The molecule has 1 aromatic heterocycles. The van der Waals surface area contributed by atoms with Crippen LogP contribution in [0.3, 0.4) is 0 Å². The summed E-state index contributed by atoms with van der Waals surface area (Å²) in [6, 6.07) is 0. The predicted molar refractivity (Wildman–Crippen MR) is 60.6 cm³/mol. The van der Waals surface area contributed by atoms with Crippen molar-refractivity contribution in [3.63, 3.8) is 0 Å². The van der Waals surface area contributed by atoms with Crippen LogP contribution in [0.25, 0.3) is 0 Å². The molecule has 1 aromatic rings. The van der Waals surface area contributed by atoms with Crippen molar-refractivity contribution >= 4 is 11.5 Å². The highest BCUT2D eigenvalue weighted by molar-refractivity contribution is 5.61. The van der Waals surface area contributed by atoms with Gasteiger partial charge in [0.15, 0.2) is 0 Å². The van der Waals surface area contributed by atoms with E-state index in [1.54, 1.807) is 10.9 Å². The Labute approximate surface area is 89.3 Å². The second kappa shape index (κ2) is 4.50. The summed E-state index contributed by atoms with van der Waals surface area (Å²) in [6.45, 7) is 4.90. The van der Waals surface area contributed by atoms with E-state index in [-0.39, 0.29) is 12.1 Å². The lowest BCUT2D eigenvalue weighted by atomic mass is 10.1. The van der Waals surface area contributed by atoms with E-state index in [1.807, 2.05) is 13.8 Å². The molecule has 0 amide bonds. The SMILES string of the molecule is CC(C)(CN)n1ncc(N)c1NCCO. The number of aliphatic hydroxyl groups excluding tert-OH is 1. The highest BCUT2D eigenvalue weighted by Crippen LogP contribution is 2.24. The minimum atomic E-state index is -0.296. The second-order valence-electron chi connectivity index (χ2n) is 4.03. The molecule has 1 heterocycles. The number of anilines is 2. The van der Waals surface area contributed by atoms with Gasteiger partial charge in [0.25, 0.3) is 0 Å². The largest absolute Gasteiger partial charge is 0.395 e. The summed E-state index contributed by atoms with van der Waals surface area (Å²) in [5.41, 5.74) is 11.7. The standard InChI is InChI=1S/C9H19N5O/c1-9(2,6-10)14-8(12-3-4-15)7(11)5-13-14/h5,12,15H,3-4,6,10-11H2,1-2H3. The van der Waals surface area contributed by atoms with Crippen LogP contribution in [0, 0.1) is 0 Å². The summed E-state index contributed by atoms with van der Waals surface area (Å²) in [6.07, 6.45) is 1.58. The molecule has 15 heavy (non-hydrogen) atoms. The van der Waals surface area contributed by atoms with Crippen molar-refractivity contribution in [1.29, 1.82) is 0 Å². The molecule has 6 heteroatoms. The molecule has 6 N–H and O–H groups in total. The third kappa shape index (κ3) is 2.40. The number of nitrogens with two attached hydrogens (primary N) is 2. The van der Waals surface area contributed by atoms with E-state index in [1.165, 1.54) is 0 Å². The number of aliphatic hydroxyl groups is 1. The number of nitrogen functional groups attached to an aromatic ring is 1. The first-order valence-electron chi connectivity index (χ1n) is 4.91. The molecule has 0 spiro atoms. The maximum Gasteiger partial charge on any atom is 0.148 e. The summed E-state index contributed by atoms with van der Waals surface area (Å²) < 4.78 is 1.75. The van der Waals surface area contributed by atoms with Gasteiger partial charge < -0.3 is 21.9 Å². The number of aromatic nitrogens is 2. The van der Waals surface area contributed by atoms with Crippen molar-refractivity contribution in [2.75, 3.05) is 30.7 Å². The van der Waals surface area contributed by atoms with Gasteiger partial charge in [0.05, 0.1) is 24.0 Å². The minimum absolute atomic E-state index is 0.0493. The summed E-state index contributed by atoms with van der Waals surface area (Å²) >= 11 is 0. The van der Waals surface area contributed by atoms with Gasteiger partial charge in [-0.25, -0.2) is 4.68 Å². The molecule has 0 radical (unpaired) electrons. The van der Waals surface area contributed by atoms with E-state index in [0.717, 1.165) is 0 Å². The van der Waals surface area contributed by atoms with E-state index in [2.05, 4.69) is 10.4 Å². The van der Waals surface area contributed by atoms with E-state index in [0.29, 0.717) is 24.6 Å². The molecule has 0 atom stereocenters. The van der Waals surface area contributed by atoms with Crippen molar-refractivity contribution in [1.82, 2.24) is 9.78 Å². The smallest absolute Gasteiger partial charge is 0.148 e. The van der Waals surface area contributed by atoms with E-state index in [9.17, 15) is 0 Å². The van der Waals surface area contributed by atoms with Gasteiger partial charge in [-0.3, -0.25) is 0 Å². The van der Waals surface area contributed by atoms with Gasteiger partial charge in [-0.15, -0.1) is 0 Å². The van der Waals surface area contributed by atoms with Gasteiger partial charge in [-0.1, -0.05) is 0 Å². The van der Waals surface area contributed by atoms with Crippen LogP contribution in [-0.4, -0.2) is 34.6 Å². The van der Waals surface area contributed by atoms with Gasteiger partial charge >= 0.3 is 0 Å². The molecule has 0 bridgehead atoms. The Kier molecular flexibility index (Phi) is 3.54. The van der Waals surface area contributed by atoms with Gasteiger partial charge in [-0.2, -0.15) is 5.10 Å². The van der Waals surface area contributed by atoms with Gasteiger partial charge in [0, 0.05) is 13.1 Å². The molecule has 0 fully saturated rings. The fraction of sp³-hybridized carbons (Fsp3) is 0.667. The van der Waals surface area contributed by atoms with Crippen molar-refractivity contribution in [3.05, 3.63) is 6.20 Å². The normalized spacial score (nSPS) is 11.7. The Morgan fingerprint density at radius 3 is 2.80 bits per heavy atom. The fourth-order valence-electron chi connectivity index (χ4n) is 1.26. The molecule has 0 aromatic carbocycles. The summed E-state index contributed by atoms with van der Waals surface area (Å²) in [5, 5.41) is 15.9. The monoisotopic (exact) mass is 213 g/mol. The fourth-order valence-corrected chi connectivity index (χ4v) is 1.26. The van der Waals surface area contributed by atoms with Crippen molar-refractivity contribution in [2.45, 2.75) is 19.4 Å². The quantitative estimate of drug-likeness (QED) is 0.531. The minimum Gasteiger partial charge on any atom is -0.395 e. The molecular weight excluding hydrogens is 194 g/mol. The maximum atomic E-state index is 8.75. The van der Waals surface area contributed by atoms with Crippen LogP contribution >= 0.6 is 0 Å². The maximum absolute atomic E-state index is 8.75. The number of hydrogen-bond acceptors (Lipinski definition) is 5. The van der Waals surface area contributed by atoms with Crippen LogP contribution in [0.5, 0.6) is 0 Å². The van der Waals surface area contributed by atoms with Crippen LogP contribution in [0.1, 0.15) is 13.8 Å². The predicted octanol–water partition coefficient (Wildman–Crippen LogP) is -0.437. The Hall–Kier alpha value is -1.27. The number of nitrogens with one attached hydrogen (secondary N) is 1. The molecule has 1 rings (SSSR count). The molecule has 0 aliphatic rings. The number of nitrogens with zero attached hydrogens (tertiary/aromatic N) is 2. The van der Waals surface area contributed by atoms with Crippen LogP contribution < -0.4 is 16.8 Å². The molecule has 0 saturated heterocycles. The lowest BCUT2D eigenvalue weighted by molar-refractivity contribution is 0.307. The first-order chi connectivity index (χ1) is 7.03. The second-order valence-corrected chi connectivity index (χ2v) is 4.03. The molecule has 6 nitrogen and oxygen atoms in total. The molecule has 0 unspecified atom stereocenters. The molecule has 0 aliphatic carbocycles. The molecule has 86 valence electrons. The molecular formula is C9H19N5O. The third-order valence-corrected chi connectivity index (χ3v) is 2.27. The third-order valence-electron chi connectivity index (χ3n) is 2.27. The Bertz CT molecular complexity index is 320. The Morgan fingerprint density at radius 2 is 2.27 bits per heavy atom. The zero-order valence-corrected chi connectivity index (χ0v) is 9.20. The molecule has 0 saturated carbocycles. The average molecular weight is 213 g/mol. The van der Waals surface area contributed by atoms with E-state index >= 15 is 0 Å². The topological polar surface area (TPSA) is 102 Å². The first kappa shape index (κ1) is 11.8. The lowest BCUT2D eigenvalue weighted by Gasteiger charge is -2.26. The number of hydrogen-bond donors (Lipinski definition) is 4. The summed E-state index contributed by atoms with van der Waals surface area (Å²) in [4.78, 5) is 0. The Morgan fingerprint density at radius 1 is 1.60 bits per heavy atom. The van der Waals surface area contributed by atoms with Gasteiger partial charge in [0.2, 0.25) is 0 Å². The van der Waals surface area contributed by atoms with Gasteiger partial charge in [0.1, 0.15) is 5.82 Å². The highest BCUT2D eigenvalue weighted by atomic mass is 16.3. The summed E-state index contributed by atoms with van der Waals surface area (Å²) in [7, 11) is 0. The molecule has 0 aliphatic heterocycles. The zero-order chi connectivity index (χ0) is 11.5. The number of rotatable bonds is 5. The lowest BCUT2D eigenvalue weighted by Crippen LogP contribution is -2.36. The highest BCUT2D eigenvalue weighted by Gasteiger charge is 2.23. The van der Waals surface area contributed by atoms with Crippen molar-refractivity contribution < 1.29 is 5.11 Å². The van der Waals surface area contributed by atoms with Crippen LogP contribution in [0.2, 0.25) is 0 Å².